The van der Waals surface area contributed by atoms with E-state index in [1.54, 1.807) is 0 Å². The molecule has 0 rings (SSSR count). The molecule has 0 aromatic heterocycles. The summed E-state index contributed by atoms with van der Waals surface area (Å²) in [7, 11) is 1.53. The molecule has 1 amide bonds. The van der Waals surface area contributed by atoms with Gasteiger partial charge in [-0.25, -0.2) is 0 Å². The Balaban J connectivity index is 3.57. The van der Waals surface area contributed by atoms with Crippen LogP contribution in [0.3, 0.4) is 0 Å². The normalized spacial score (nSPS) is 12.1. The van der Waals surface area contributed by atoms with Gasteiger partial charge < -0.3 is 10.0 Å². The highest BCUT2D eigenvalue weighted by Crippen LogP contribution is 2.04. The third kappa shape index (κ3) is 16.5. The molecule has 4 nitrogen and oxygen atoms in total. The Morgan fingerprint density at radius 2 is 1.36 bits per heavy atom. The van der Waals surface area contributed by atoms with Crippen LogP contribution >= 0.6 is 0 Å². The van der Waals surface area contributed by atoms with Crippen molar-refractivity contribution in [2.75, 3.05) is 13.6 Å². The summed E-state index contributed by atoms with van der Waals surface area (Å²) in [5, 5.41) is 8.62. The van der Waals surface area contributed by atoms with Gasteiger partial charge in [0.25, 0.3) is 0 Å². The minimum Gasteiger partial charge on any atom is -0.480 e. The van der Waals surface area contributed by atoms with Crippen LogP contribution < -0.4 is 0 Å². The van der Waals surface area contributed by atoms with Gasteiger partial charge in [0.05, 0.1) is 0 Å². The molecule has 0 aliphatic heterocycles. The summed E-state index contributed by atoms with van der Waals surface area (Å²) in [6.45, 7) is 1.91. The fraction of sp³-hybridized carbons (Fsp3) is 0.524. The maximum Gasteiger partial charge on any atom is 0.323 e. The number of unbranched alkanes of at least 4 members (excludes halogenated alkanes) is 2. The quantitative estimate of drug-likeness (QED) is 0.359. The molecule has 0 saturated heterocycles. The van der Waals surface area contributed by atoms with Gasteiger partial charge in [0, 0.05) is 13.5 Å². The van der Waals surface area contributed by atoms with Gasteiger partial charge in [-0.15, -0.1) is 0 Å². The zero-order valence-corrected chi connectivity index (χ0v) is 15.7. The maximum absolute atomic E-state index is 11.6. The third-order valence-corrected chi connectivity index (χ3v) is 3.53. The summed E-state index contributed by atoms with van der Waals surface area (Å²) >= 11 is 0. The summed E-state index contributed by atoms with van der Waals surface area (Å²) in [6, 6.07) is 0. The Morgan fingerprint density at radius 1 is 0.840 bits per heavy atom. The van der Waals surface area contributed by atoms with Crippen molar-refractivity contribution in [1.82, 2.24) is 4.90 Å². The van der Waals surface area contributed by atoms with Crippen molar-refractivity contribution >= 4 is 11.9 Å². The Bertz CT molecular complexity index is 476. The number of allylic oxidation sites excluding steroid dienone is 8. The first kappa shape index (κ1) is 22.9. The maximum atomic E-state index is 11.6. The van der Waals surface area contributed by atoms with Gasteiger partial charge in [-0.3, -0.25) is 9.59 Å². The van der Waals surface area contributed by atoms with Crippen molar-refractivity contribution < 1.29 is 14.7 Å². The van der Waals surface area contributed by atoms with E-state index in [9.17, 15) is 9.59 Å². The van der Waals surface area contributed by atoms with Crippen LogP contribution in [0.4, 0.5) is 0 Å². The Kier molecular flexibility index (Phi) is 15.3. The molecule has 0 spiro atoms. The highest BCUT2D eigenvalue weighted by atomic mass is 16.4. The second-order valence-electron chi connectivity index (χ2n) is 5.89. The molecule has 4 heteroatoms. The predicted molar refractivity (Wildman–Crippen MR) is 104 cm³/mol. The van der Waals surface area contributed by atoms with E-state index in [4.69, 9.17) is 5.11 Å². The van der Waals surface area contributed by atoms with Gasteiger partial charge in [-0.1, -0.05) is 55.5 Å². The highest BCUT2D eigenvalue weighted by molar-refractivity contribution is 5.80. The summed E-state index contributed by atoms with van der Waals surface area (Å²) < 4.78 is 0. The summed E-state index contributed by atoms with van der Waals surface area (Å²) in [4.78, 5) is 23.4. The minimum absolute atomic E-state index is 0.104. The first-order chi connectivity index (χ1) is 12.1. The topological polar surface area (TPSA) is 57.6 Å². The van der Waals surface area contributed by atoms with Crippen LogP contribution in [0.15, 0.2) is 48.6 Å². The molecule has 0 heterocycles. The number of nitrogens with zero attached hydrogens (tertiary/aromatic N) is 1. The highest BCUT2D eigenvalue weighted by Gasteiger charge is 2.10. The average Bonchev–Trinajstić information content (AvgIpc) is 2.57. The Labute approximate surface area is 152 Å². The Hall–Kier alpha value is -2.10. The molecule has 0 aliphatic rings. The molecule has 0 aliphatic carbocycles. The van der Waals surface area contributed by atoms with E-state index in [1.807, 2.05) is 0 Å². The number of hydrogen-bond donors (Lipinski definition) is 1. The van der Waals surface area contributed by atoms with Crippen LogP contribution in [-0.2, 0) is 9.59 Å². The molecule has 25 heavy (non-hydrogen) atoms. The fourth-order valence-corrected chi connectivity index (χ4v) is 2.12. The van der Waals surface area contributed by atoms with Crippen molar-refractivity contribution in [2.45, 2.75) is 58.3 Å². The molecule has 0 aromatic carbocycles. The van der Waals surface area contributed by atoms with Crippen LogP contribution in [0.5, 0.6) is 0 Å². The number of carbonyl (C=O) groups is 2. The lowest BCUT2D eigenvalue weighted by Gasteiger charge is -2.13. The van der Waals surface area contributed by atoms with Crippen molar-refractivity contribution in [1.29, 1.82) is 0 Å². The molecule has 0 aromatic rings. The van der Waals surface area contributed by atoms with E-state index in [-0.39, 0.29) is 12.5 Å². The van der Waals surface area contributed by atoms with E-state index in [2.05, 4.69) is 55.5 Å². The molecule has 0 atom stereocenters. The standard InChI is InChI=1S/C21H33NO3/c1-3-4-5-6-7-8-9-10-11-12-13-14-15-16-17-18-20(23)22(2)19-21(24)25/h4-5,7-8,10-11,13-14H,3,6,9,12,15-19H2,1-2H3,(H,24,25)/b5-4-,8-7-,11-10-,14-13-. The largest absolute Gasteiger partial charge is 0.480 e. The lowest BCUT2D eigenvalue weighted by molar-refractivity contribution is -0.143. The molecule has 1 N–H and O–H groups in total. The van der Waals surface area contributed by atoms with Crippen LogP contribution in [0.25, 0.3) is 0 Å². The second kappa shape index (κ2) is 16.7. The van der Waals surface area contributed by atoms with Crippen LogP contribution in [0.1, 0.15) is 58.3 Å². The molecule has 0 unspecified atom stereocenters. The first-order valence-electron chi connectivity index (χ1n) is 9.13. The smallest absolute Gasteiger partial charge is 0.323 e. The average molecular weight is 347 g/mol. The van der Waals surface area contributed by atoms with Gasteiger partial charge in [-0.2, -0.15) is 0 Å². The lowest BCUT2D eigenvalue weighted by atomic mass is 10.1. The number of aliphatic carboxylic acids is 1. The summed E-state index contributed by atoms with van der Waals surface area (Å²) in [6.07, 6.45) is 24.4. The number of carboxylic acid groups (broad SMARTS) is 1. The van der Waals surface area contributed by atoms with Crippen molar-refractivity contribution in [2.24, 2.45) is 0 Å². The van der Waals surface area contributed by atoms with Gasteiger partial charge >= 0.3 is 5.97 Å². The van der Waals surface area contributed by atoms with Gasteiger partial charge in [0.15, 0.2) is 0 Å². The molecule has 140 valence electrons. The van der Waals surface area contributed by atoms with Gasteiger partial charge in [-0.05, 0) is 44.9 Å². The second-order valence-corrected chi connectivity index (χ2v) is 5.89. The lowest BCUT2D eigenvalue weighted by Crippen LogP contribution is -2.31. The number of hydrogen-bond acceptors (Lipinski definition) is 2. The van der Waals surface area contributed by atoms with E-state index in [0.717, 1.165) is 44.9 Å². The van der Waals surface area contributed by atoms with Crippen LogP contribution in [0, 0.1) is 0 Å². The van der Waals surface area contributed by atoms with Crippen molar-refractivity contribution in [3.05, 3.63) is 48.6 Å². The van der Waals surface area contributed by atoms with Gasteiger partial charge in [0.2, 0.25) is 5.91 Å². The number of likely N-dealkylation sites (N-methyl/N-ethyl adjacent to an activating group) is 1. The molecule has 0 bridgehead atoms. The van der Waals surface area contributed by atoms with Crippen molar-refractivity contribution in [3.63, 3.8) is 0 Å². The molecule has 0 radical (unpaired) electrons. The number of carboxylic acids is 1. The fourth-order valence-electron chi connectivity index (χ4n) is 2.12. The van der Waals surface area contributed by atoms with E-state index in [1.165, 1.54) is 11.9 Å². The van der Waals surface area contributed by atoms with E-state index >= 15 is 0 Å². The predicted octanol–water partition coefficient (Wildman–Crippen LogP) is 4.89. The third-order valence-electron chi connectivity index (χ3n) is 3.53. The molecule has 0 fully saturated rings. The van der Waals surface area contributed by atoms with Crippen molar-refractivity contribution in [3.8, 4) is 0 Å². The number of rotatable bonds is 14. The van der Waals surface area contributed by atoms with Crippen LogP contribution in [0.2, 0.25) is 0 Å². The first-order valence-corrected chi connectivity index (χ1v) is 9.13. The molecular formula is C21H33NO3. The number of carbonyl (C=O) groups excluding carboxylic acids is 1. The summed E-state index contributed by atoms with van der Waals surface area (Å²) in [5.41, 5.74) is 0. The summed E-state index contributed by atoms with van der Waals surface area (Å²) in [5.74, 6) is -1.08. The SMILES string of the molecule is CC/C=C\C/C=C\C/C=C\C/C=C\CCCCC(=O)N(C)CC(=O)O. The van der Waals surface area contributed by atoms with E-state index < -0.39 is 5.97 Å². The molecule has 0 saturated carbocycles. The zero-order chi connectivity index (χ0) is 18.8. The zero-order valence-electron chi connectivity index (χ0n) is 15.7. The number of amides is 1. The Morgan fingerprint density at radius 3 is 1.88 bits per heavy atom. The van der Waals surface area contributed by atoms with Crippen LogP contribution in [-0.4, -0.2) is 35.5 Å². The van der Waals surface area contributed by atoms with E-state index in [0.29, 0.717) is 6.42 Å². The van der Waals surface area contributed by atoms with Gasteiger partial charge in [0.1, 0.15) is 6.54 Å². The minimum atomic E-state index is -0.976. The monoisotopic (exact) mass is 347 g/mol. The molecular weight excluding hydrogens is 314 g/mol.